The van der Waals surface area contributed by atoms with Crippen molar-refractivity contribution in [3.05, 3.63) is 54.1 Å². The minimum Gasteiger partial charge on any atom is -0.497 e. The summed E-state index contributed by atoms with van der Waals surface area (Å²) in [7, 11) is 3.28. The van der Waals surface area contributed by atoms with Crippen molar-refractivity contribution in [1.29, 1.82) is 0 Å². The van der Waals surface area contributed by atoms with Crippen LogP contribution in [0.15, 0.2) is 48.5 Å². The summed E-state index contributed by atoms with van der Waals surface area (Å²) >= 11 is 0. The topological polar surface area (TPSA) is 47.6 Å². The molecule has 4 heteroatoms. The van der Waals surface area contributed by atoms with Gasteiger partial charge in [0.05, 0.1) is 14.2 Å². The third kappa shape index (κ3) is 4.07. The summed E-state index contributed by atoms with van der Waals surface area (Å²) < 4.78 is 10.4. The molecule has 2 aromatic rings. The van der Waals surface area contributed by atoms with Crippen LogP contribution in [0.1, 0.15) is 30.7 Å². The zero-order valence-corrected chi connectivity index (χ0v) is 14.1. The summed E-state index contributed by atoms with van der Waals surface area (Å²) in [6.45, 7) is 0. The highest BCUT2D eigenvalue weighted by molar-refractivity contribution is 5.91. The van der Waals surface area contributed by atoms with Crippen molar-refractivity contribution in [3.63, 3.8) is 0 Å². The number of nitrogens with one attached hydrogen (secondary N) is 1. The number of methoxy groups -OCH3 is 2. The van der Waals surface area contributed by atoms with Crippen LogP contribution in [0.4, 0.5) is 5.69 Å². The predicted molar refractivity (Wildman–Crippen MR) is 94.7 cm³/mol. The van der Waals surface area contributed by atoms with Crippen LogP contribution in [-0.2, 0) is 4.79 Å². The molecule has 0 bridgehead atoms. The lowest BCUT2D eigenvalue weighted by Crippen LogP contribution is -2.16. The zero-order chi connectivity index (χ0) is 16.9. The molecule has 3 rings (SSSR count). The molecule has 1 amide bonds. The van der Waals surface area contributed by atoms with Crippen LogP contribution in [-0.4, -0.2) is 20.1 Å². The third-order valence-electron chi connectivity index (χ3n) is 4.49. The van der Waals surface area contributed by atoms with Crippen LogP contribution in [0.2, 0.25) is 0 Å². The van der Waals surface area contributed by atoms with Gasteiger partial charge in [0.2, 0.25) is 5.91 Å². The van der Waals surface area contributed by atoms with Crippen molar-refractivity contribution < 1.29 is 14.3 Å². The summed E-state index contributed by atoms with van der Waals surface area (Å²) in [5.41, 5.74) is 1.97. The minimum atomic E-state index is 0.0379. The number of hydrogen-bond donors (Lipinski definition) is 1. The Balaban J connectivity index is 1.67. The van der Waals surface area contributed by atoms with E-state index in [4.69, 9.17) is 9.47 Å². The zero-order valence-electron chi connectivity index (χ0n) is 14.1. The molecule has 1 fully saturated rings. The van der Waals surface area contributed by atoms with E-state index in [0.717, 1.165) is 17.2 Å². The van der Waals surface area contributed by atoms with Gasteiger partial charge < -0.3 is 14.8 Å². The van der Waals surface area contributed by atoms with Crippen LogP contribution in [0, 0.1) is 5.92 Å². The Kier molecular flexibility index (Phi) is 5.04. The smallest absolute Gasteiger partial charge is 0.224 e. The molecule has 0 radical (unpaired) electrons. The number of benzene rings is 2. The standard InChI is InChI=1S/C20H23NO3/c1-23-17-10-8-15(9-11-17)19(14-6-7-14)13-20(22)21-16-4-3-5-18(12-16)24-2/h3-5,8-12,14,19H,6-7,13H2,1-2H3,(H,21,22). The molecule has 0 heterocycles. The maximum Gasteiger partial charge on any atom is 0.224 e. The number of amides is 1. The van der Waals surface area contributed by atoms with Crippen LogP contribution in [0.3, 0.4) is 0 Å². The third-order valence-corrected chi connectivity index (χ3v) is 4.49. The monoisotopic (exact) mass is 325 g/mol. The summed E-state index contributed by atoms with van der Waals surface area (Å²) in [5, 5.41) is 2.98. The Labute approximate surface area is 142 Å². The highest BCUT2D eigenvalue weighted by atomic mass is 16.5. The van der Waals surface area contributed by atoms with Gasteiger partial charge >= 0.3 is 0 Å². The molecule has 1 N–H and O–H groups in total. The van der Waals surface area contributed by atoms with E-state index in [1.807, 2.05) is 36.4 Å². The van der Waals surface area contributed by atoms with Gasteiger partial charge in [0, 0.05) is 18.2 Å². The number of carbonyl (C=O) groups is 1. The van der Waals surface area contributed by atoms with E-state index in [1.54, 1.807) is 14.2 Å². The quantitative estimate of drug-likeness (QED) is 0.829. The van der Waals surface area contributed by atoms with Gasteiger partial charge in [-0.25, -0.2) is 0 Å². The van der Waals surface area contributed by atoms with E-state index in [1.165, 1.54) is 18.4 Å². The summed E-state index contributed by atoms with van der Waals surface area (Å²) in [5.74, 6) is 2.49. The summed E-state index contributed by atoms with van der Waals surface area (Å²) in [4.78, 5) is 12.5. The van der Waals surface area contributed by atoms with E-state index in [2.05, 4.69) is 17.4 Å². The fourth-order valence-electron chi connectivity index (χ4n) is 3.02. The molecule has 0 saturated heterocycles. The average Bonchev–Trinajstić information content (AvgIpc) is 3.45. The maximum absolute atomic E-state index is 12.5. The Morgan fingerprint density at radius 2 is 1.79 bits per heavy atom. The largest absolute Gasteiger partial charge is 0.497 e. The molecule has 2 aromatic carbocycles. The van der Waals surface area contributed by atoms with Crippen LogP contribution < -0.4 is 14.8 Å². The molecular formula is C20H23NO3. The first-order valence-corrected chi connectivity index (χ1v) is 8.27. The van der Waals surface area contributed by atoms with Gasteiger partial charge in [-0.05, 0) is 54.5 Å². The van der Waals surface area contributed by atoms with Crippen molar-refractivity contribution in [2.24, 2.45) is 5.92 Å². The van der Waals surface area contributed by atoms with E-state index in [9.17, 15) is 4.79 Å². The minimum absolute atomic E-state index is 0.0379. The Morgan fingerprint density at radius 3 is 2.42 bits per heavy atom. The molecule has 0 aromatic heterocycles. The summed E-state index contributed by atoms with van der Waals surface area (Å²) in [6, 6.07) is 15.5. The van der Waals surface area contributed by atoms with Gasteiger partial charge in [-0.15, -0.1) is 0 Å². The van der Waals surface area contributed by atoms with Crippen molar-refractivity contribution in [2.45, 2.75) is 25.2 Å². The van der Waals surface area contributed by atoms with E-state index in [0.29, 0.717) is 12.3 Å². The molecular weight excluding hydrogens is 302 g/mol. The molecule has 126 valence electrons. The first-order chi connectivity index (χ1) is 11.7. The highest BCUT2D eigenvalue weighted by Crippen LogP contribution is 2.44. The van der Waals surface area contributed by atoms with Gasteiger partial charge in [0.1, 0.15) is 11.5 Å². The Hall–Kier alpha value is -2.49. The van der Waals surface area contributed by atoms with E-state index < -0.39 is 0 Å². The molecule has 1 aliphatic rings. The lowest BCUT2D eigenvalue weighted by molar-refractivity contribution is -0.116. The normalized spacial score (nSPS) is 14.8. The van der Waals surface area contributed by atoms with Crippen LogP contribution >= 0.6 is 0 Å². The van der Waals surface area contributed by atoms with Crippen molar-refractivity contribution in [1.82, 2.24) is 0 Å². The molecule has 1 unspecified atom stereocenters. The lowest BCUT2D eigenvalue weighted by Gasteiger charge is -2.17. The SMILES string of the molecule is COc1ccc(C(CC(=O)Nc2cccc(OC)c2)C2CC2)cc1. The van der Waals surface area contributed by atoms with Gasteiger partial charge in [-0.2, -0.15) is 0 Å². The van der Waals surface area contributed by atoms with E-state index in [-0.39, 0.29) is 11.8 Å². The number of anilines is 1. The fraction of sp³-hybridized carbons (Fsp3) is 0.350. The van der Waals surface area contributed by atoms with Crippen molar-refractivity contribution in [3.8, 4) is 11.5 Å². The number of carbonyl (C=O) groups excluding carboxylic acids is 1. The van der Waals surface area contributed by atoms with Crippen molar-refractivity contribution >= 4 is 11.6 Å². The number of ether oxygens (including phenoxy) is 2. The molecule has 0 spiro atoms. The first-order valence-electron chi connectivity index (χ1n) is 8.27. The Bertz CT molecular complexity index is 692. The molecule has 4 nitrogen and oxygen atoms in total. The summed E-state index contributed by atoms with van der Waals surface area (Å²) in [6.07, 6.45) is 2.89. The van der Waals surface area contributed by atoms with Gasteiger partial charge in [0.15, 0.2) is 0 Å². The van der Waals surface area contributed by atoms with Crippen LogP contribution in [0.25, 0.3) is 0 Å². The van der Waals surface area contributed by atoms with Crippen LogP contribution in [0.5, 0.6) is 11.5 Å². The highest BCUT2D eigenvalue weighted by Gasteiger charge is 2.33. The van der Waals surface area contributed by atoms with Gasteiger partial charge in [-0.1, -0.05) is 18.2 Å². The van der Waals surface area contributed by atoms with Gasteiger partial charge in [0.25, 0.3) is 0 Å². The van der Waals surface area contributed by atoms with E-state index >= 15 is 0 Å². The molecule has 1 atom stereocenters. The second kappa shape index (κ2) is 7.39. The second-order valence-corrected chi connectivity index (χ2v) is 6.20. The number of rotatable bonds is 7. The Morgan fingerprint density at radius 1 is 1.08 bits per heavy atom. The molecule has 1 aliphatic carbocycles. The predicted octanol–water partition coefficient (Wildman–Crippen LogP) is 4.23. The second-order valence-electron chi connectivity index (χ2n) is 6.20. The maximum atomic E-state index is 12.5. The molecule has 24 heavy (non-hydrogen) atoms. The van der Waals surface area contributed by atoms with Crippen molar-refractivity contribution in [2.75, 3.05) is 19.5 Å². The molecule has 1 saturated carbocycles. The lowest BCUT2D eigenvalue weighted by atomic mass is 9.90. The molecule has 0 aliphatic heterocycles. The number of hydrogen-bond acceptors (Lipinski definition) is 3. The fourth-order valence-corrected chi connectivity index (χ4v) is 3.02. The average molecular weight is 325 g/mol. The van der Waals surface area contributed by atoms with Gasteiger partial charge in [-0.3, -0.25) is 4.79 Å². The first kappa shape index (κ1) is 16.4.